The third-order valence-corrected chi connectivity index (χ3v) is 2.36. The summed E-state index contributed by atoms with van der Waals surface area (Å²) in [5.74, 6) is 0.695. The minimum Gasteiger partial charge on any atom is -0.463 e. The van der Waals surface area contributed by atoms with E-state index in [0.29, 0.717) is 22.3 Å². The predicted molar refractivity (Wildman–Crippen MR) is 55.7 cm³/mol. The van der Waals surface area contributed by atoms with Gasteiger partial charge >= 0.3 is 0 Å². The van der Waals surface area contributed by atoms with E-state index in [1.165, 1.54) is 0 Å². The molecule has 3 aromatic rings. The van der Waals surface area contributed by atoms with Gasteiger partial charge in [-0.1, -0.05) is 11.6 Å². The molecule has 0 saturated carbocycles. The number of halogens is 1. The summed E-state index contributed by atoms with van der Waals surface area (Å²) in [5.41, 5.74) is 1.41. The highest BCUT2D eigenvalue weighted by atomic mass is 35.5. The number of hydrogen-bond donors (Lipinski definition) is 0. The second-order valence-corrected chi connectivity index (χ2v) is 3.43. The van der Waals surface area contributed by atoms with Gasteiger partial charge in [0.2, 0.25) is 0 Å². The van der Waals surface area contributed by atoms with Crippen LogP contribution in [0.1, 0.15) is 0 Å². The second kappa shape index (κ2) is 3.10. The maximum Gasteiger partial charge on any atom is 0.157 e. The molecule has 0 saturated heterocycles. The van der Waals surface area contributed by atoms with Crippen molar-refractivity contribution in [3.05, 3.63) is 41.9 Å². The molecule has 4 nitrogen and oxygen atoms in total. The van der Waals surface area contributed by atoms with Gasteiger partial charge in [-0.3, -0.25) is 0 Å². The van der Waals surface area contributed by atoms with Crippen LogP contribution in [-0.2, 0) is 0 Å². The van der Waals surface area contributed by atoms with E-state index in [0.717, 1.165) is 0 Å². The van der Waals surface area contributed by atoms with Gasteiger partial charge in [0.05, 0.1) is 12.5 Å². The maximum absolute atomic E-state index is 6.04. The molecule has 0 bridgehead atoms. The molecule has 5 heteroatoms. The van der Waals surface area contributed by atoms with Crippen LogP contribution >= 0.6 is 11.6 Å². The zero-order valence-corrected chi connectivity index (χ0v) is 8.35. The molecule has 0 spiro atoms. The Kier molecular flexibility index (Phi) is 1.76. The van der Waals surface area contributed by atoms with Crippen molar-refractivity contribution in [2.75, 3.05) is 0 Å². The normalized spacial score (nSPS) is 11.0. The zero-order chi connectivity index (χ0) is 10.3. The highest BCUT2D eigenvalue weighted by Crippen LogP contribution is 2.21. The van der Waals surface area contributed by atoms with Gasteiger partial charge in [-0.2, -0.15) is 5.10 Å². The van der Waals surface area contributed by atoms with E-state index < -0.39 is 0 Å². The minimum absolute atomic E-state index is 0.511. The summed E-state index contributed by atoms with van der Waals surface area (Å²) in [7, 11) is 0. The van der Waals surface area contributed by atoms with Crippen molar-refractivity contribution >= 4 is 17.2 Å². The topological polar surface area (TPSA) is 43.3 Å². The summed E-state index contributed by atoms with van der Waals surface area (Å²) in [6.45, 7) is 0. The molecule has 0 radical (unpaired) electrons. The fraction of sp³-hybridized carbons (Fsp3) is 0. The number of aromatic nitrogens is 3. The van der Waals surface area contributed by atoms with E-state index in [4.69, 9.17) is 16.0 Å². The molecule has 0 amide bonds. The van der Waals surface area contributed by atoms with Crippen LogP contribution in [0.2, 0.25) is 5.15 Å². The predicted octanol–water partition coefficient (Wildman–Crippen LogP) is 2.64. The summed E-state index contributed by atoms with van der Waals surface area (Å²) in [5, 5.41) is 4.54. The van der Waals surface area contributed by atoms with Crippen molar-refractivity contribution in [1.82, 2.24) is 14.6 Å². The first-order valence-corrected chi connectivity index (χ1v) is 4.76. The lowest BCUT2D eigenvalue weighted by atomic mass is 10.3. The van der Waals surface area contributed by atoms with Crippen LogP contribution in [0.25, 0.3) is 17.1 Å². The van der Waals surface area contributed by atoms with Crippen LogP contribution in [0.5, 0.6) is 0 Å². The van der Waals surface area contributed by atoms with Gasteiger partial charge in [-0.15, -0.1) is 0 Å². The number of rotatable bonds is 1. The van der Waals surface area contributed by atoms with E-state index in [1.54, 1.807) is 29.1 Å². The molecular weight excluding hydrogens is 214 g/mol. The lowest BCUT2D eigenvalue weighted by Crippen LogP contribution is -1.93. The van der Waals surface area contributed by atoms with E-state index in [9.17, 15) is 0 Å². The summed E-state index contributed by atoms with van der Waals surface area (Å²) in [6.07, 6.45) is 3.26. The van der Waals surface area contributed by atoms with E-state index >= 15 is 0 Å². The summed E-state index contributed by atoms with van der Waals surface area (Å²) < 4.78 is 6.81. The molecule has 0 atom stereocenters. The fourth-order valence-corrected chi connectivity index (χ4v) is 1.66. The smallest absolute Gasteiger partial charge is 0.157 e. The largest absolute Gasteiger partial charge is 0.463 e. The van der Waals surface area contributed by atoms with Gasteiger partial charge in [0.1, 0.15) is 10.8 Å². The second-order valence-electron chi connectivity index (χ2n) is 3.04. The van der Waals surface area contributed by atoms with Gasteiger partial charge in [0.15, 0.2) is 11.4 Å². The quantitative estimate of drug-likeness (QED) is 0.591. The summed E-state index contributed by atoms with van der Waals surface area (Å²) in [6, 6.07) is 7.16. The molecule has 3 heterocycles. The van der Waals surface area contributed by atoms with Crippen molar-refractivity contribution in [3.8, 4) is 11.5 Å². The maximum atomic E-state index is 6.04. The third kappa shape index (κ3) is 1.30. The van der Waals surface area contributed by atoms with Crippen molar-refractivity contribution in [2.24, 2.45) is 0 Å². The van der Waals surface area contributed by atoms with Crippen LogP contribution in [0.15, 0.2) is 41.1 Å². The van der Waals surface area contributed by atoms with Crippen LogP contribution in [0.3, 0.4) is 0 Å². The monoisotopic (exact) mass is 219 g/mol. The molecule has 0 aliphatic heterocycles. The number of hydrogen-bond acceptors (Lipinski definition) is 3. The van der Waals surface area contributed by atoms with Crippen LogP contribution in [0.4, 0.5) is 0 Å². The lowest BCUT2D eigenvalue weighted by molar-refractivity contribution is 0.580. The molecule has 0 aromatic carbocycles. The highest BCUT2D eigenvalue weighted by molar-refractivity contribution is 6.29. The average molecular weight is 220 g/mol. The Bertz CT molecular complexity index is 600. The first-order chi connectivity index (χ1) is 7.34. The van der Waals surface area contributed by atoms with Crippen molar-refractivity contribution in [3.63, 3.8) is 0 Å². The molecule has 0 fully saturated rings. The van der Waals surface area contributed by atoms with Crippen LogP contribution in [-0.4, -0.2) is 14.6 Å². The van der Waals surface area contributed by atoms with Crippen molar-refractivity contribution in [1.29, 1.82) is 0 Å². The molecular formula is C10H6ClN3O. The number of furan rings is 1. The average Bonchev–Trinajstić information content (AvgIpc) is 2.88. The Balaban J connectivity index is 2.29. The Labute approximate surface area is 90.1 Å². The molecule has 0 N–H and O–H groups in total. The molecule has 0 unspecified atom stereocenters. The van der Waals surface area contributed by atoms with E-state index in [2.05, 4.69) is 10.1 Å². The van der Waals surface area contributed by atoms with Gasteiger partial charge in [-0.05, 0) is 12.1 Å². The van der Waals surface area contributed by atoms with Crippen LogP contribution in [0, 0.1) is 0 Å². The SMILES string of the molecule is Clc1cc(-c2ccco2)nc2ccnn12. The highest BCUT2D eigenvalue weighted by Gasteiger charge is 2.07. The van der Waals surface area contributed by atoms with E-state index in [1.807, 2.05) is 12.1 Å². The zero-order valence-electron chi connectivity index (χ0n) is 7.59. The lowest BCUT2D eigenvalue weighted by Gasteiger charge is -1.99. The van der Waals surface area contributed by atoms with Gasteiger partial charge in [-0.25, -0.2) is 9.50 Å². The molecule has 15 heavy (non-hydrogen) atoms. The Hall–Kier alpha value is -1.81. The fourth-order valence-electron chi connectivity index (χ4n) is 1.43. The van der Waals surface area contributed by atoms with Gasteiger partial charge < -0.3 is 4.42 Å². The van der Waals surface area contributed by atoms with Crippen molar-refractivity contribution < 1.29 is 4.42 Å². The standard InChI is InChI=1S/C10H6ClN3O/c11-9-6-7(8-2-1-5-15-8)13-10-3-4-12-14(9)10/h1-6H. The number of nitrogens with zero attached hydrogens (tertiary/aromatic N) is 3. The Morgan fingerprint density at radius 3 is 3.07 bits per heavy atom. The Morgan fingerprint density at radius 1 is 1.33 bits per heavy atom. The molecule has 3 rings (SSSR count). The van der Waals surface area contributed by atoms with Gasteiger partial charge in [0, 0.05) is 12.1 Å². The third-order valence-electron chi connectivity index (χ3n) is 2.09. The molecule has 3 aromatic heterocycles. The van der Waals surface area contributed by atoms with Crippen molar-refractivity contribution in [2.45, 2.75) is 0 Å². The summed E-state index contributed by atoms with van der Waals surface area (Å²) in [4.78, 5) is 4.36. The van der Waals surface area contributed by atoms with Crippen LogP contribution < -0.4 is 0 Å². The first kappa shape index (κ1) is 8.49. The molecule has 74 valence electrons. The minimum atomic E-state index is 0.511. The first-order valence-electron chi connectivity index (χ1n) is 4.39. The number of fused-ring (bicyclic) bond motifs is 1. The molecule has 0 aliphatic rings. The van der Waals surface area contributed by atoms with Gasteiger partial charge in [0.25, 0.3) is 0 Å². The Morgan fingerprint density at radius 2 is 2.27 bits per heavy atom. The molecule has 0 aliphatic carbocycles. The van der Waals surface area contributed by atoms with E-state index in [-0.39, 0.29) is 0 Å². The summed E-state index contributed by atoms with van der Waals surface area (Å²) >= 11 is 6.04.